The molecule has 1 aliphatic rings. The normalized spacial score (nSPS) is 17.0. The van der Waals surface area contributed by atoms with Crippen LogP contribution in [0.1, 0.15) is 90.3 Å². The topological polar surface area (TPSA) is 20.2 Å². The number of benzene rings is 1. The highest BCUT2D eigenvalue weighted by molar-refractivity contribution is 7.99. The number of phenols is 1. The highest BCUT2D eigenvalue weighted by Gasteiger charge is 2.26. The van der Waals surface area contributed by atoms with Crippen LogP contribution in [0.4, 0.5) is 0 Å². The average molecular weight is 363 g/mol. The second-order valence-electron chi connectivity index (χ2n) is 9.84. The minimum atomic E-state index is -0.0279. The lowest BCUT2D eigenvalue weighted by molar-refractivity contribution is 0.421. The number of aromatic hydroxyl groups is 1. The van der Waals surface area contributed by atoms with E-state index in [1.165, 1.54) is 49.2 Å². The van der Waals surface area contributed by atoms with E-state index in [2.05, 4.69) is 65.4 Å². The molecule has 0 atom stereocenters. The minimum absolute atomic E-state index is 0.0279. The van der Waals surface area contributed by atoms with Crippen LogP contribution in [0, 0.1) is 5.92 Å². The van der Waals surface area contributed by atoms with Crippen molar-refractivity contribution in [3.63, 3.8) is 0 Å². The first kappa shape index (κ1) is 20.7. The number of aryl methyl sites for hydroxylation is 1. The molecule has 0 bridgehead atoms. The Morgan fingerprint density at radius 3 is 1.92 bits per heavy atom. The summed E-state index contributed by atoms with van der Waals surface area (Å²) >= 11 is 2.12. The molecule has 1 heterocycles. The van der Waals surface area contributed by atoms with Crippen LogP contribution in [0.25, 0.3) is 0 Å². The van der Waals surface area contributed by atoms with E-state index in [0.717, 1.165) is 23.5 Å². The lowest BCUT2D eigenvalue weighted by Gasteiger charge is -2.28. The van der Waals surface area contributed by atoms with Crippen LogP contribution in [-0.4, -0.2) is 16.6 Å². The molecule has 1 saturated heterocycles. The van der Waals surface area contributed by atoms with Crippen molar-refractivity contribution in [2.45, 2.75) is 90.9 Å². The number of rotatable bonds is 5. The molecule has 1 aromatic rings. The molecule has 0 aromatic heterocycles. The molecule has 2 rings (SSSR count). The van der Waals surface area contributed by atoms with E-state index in [-0.39, 0.29) is 10.8 Å². The summed E-state index contributed by atoms with van der Waals surface area (Å²) in [5.74, 6) is 4.21. The predicted octanol–water partition coefficient (Wildman–Crippen LogP) is 6.84. The third-order valence-electron chi connectivity index (χ3n) is 5.45. The fraction of sp³-hybridized carbons (Fsp3) is 0.739. The molecular weight excluding hydrogens is 324 g/mol. The van der Waals surface area contributed by atoms with Crippen molar-refractivity contribution in [2.75, 3.05) is 11.5 Å². The van der Waals surface area contributed by atoms with Gasteiger partial charge in [-0.2, -0.15) is 11.8 Å². The summed E-state index contributed by atoms with van der Waals surface area (Å²) in [5, 5.41) is 10.8. The molecule has 0 radical (unpaired) electrons. The van der Waals surface area contributed by atoms with Crippen LogP contribution in [0.2, 0.25) is 0 Å². The summed E-state index contributed by atoms with van der Waals surface area (Å²) in [6.45, 7) is 13.2. The maximum Gasteiger partial charge on any atom is 0.123 e. The smallest absolute Gasteiger partial charge is 0.123 e. The van der Waals surface area contributed by atoms with Gasteiger partial charge in [0.2, 0.25) is 0 Å². The first-order valence-corrected chi connectivity index (χ1v) is 11.2. The summed E-state index contributed by atoms with van der Waals surface area (Å²) in [6, 6.07) is 4.50. The SMILES string of the molecule is CC(C)(C)c1cc(CCCCC2CCSCC2)cc(C(C)(C)C)c1O. The Hall–Kier alpha value is -0.630. The molecule has 0 saturated carbocycles. The maximum absolute atomic E-state index is 10.8. The second-order valence-corrected chi connectivity index (χ2v) is 11.1. The average Bonchev–Trinajstić information content (AvgIpc) is 2.51. The van der Waals surface area contributed by atoms with Gasteiger partial charge in [-0.3, -0.25) is 0 Å². The van der Waals surface area contributed by atoms with Crippen LogP contribution in [0.3, 0.4) is 0 Å². The van der Waals surface area contributed by atoms with Gasteiger partial charge in [-0.25, -0.2) is 0 Å². The Balaban J connectivity index is 2.06. The van der Waals surface area contributed by atoms with Crippen LogP contribution in [0.15, 0.2) is 12.1 Å². The van der Waals surface area contributed by atoms with Crippen LogP contribution < -0.4 is 0 Å². The van der Waals surface area contributed by atoms with Gasteiger partial charge in [0.25, 0.3) is 0 Å². The number of hydrogen-bond acceptors (Lipinski definition) is 2. The van der Waals surface area contributed by atoms with Gasteiger partial charge in [-0.15, -0.1) is 0 Å². The van der Waals surface area contributed by atoms with Crippen LogP contribution in [0.5, 0.6) is 5.75 Å². The molecule has 1 aliphatic heterocycles. The van der Waals surface area contributed by atoms with E-state index in [9.17, 15) is 5.11 Å². The molecule has 0 spiro atoms. The van der Waals surface area contributed by atoms with Crippen LogP contribution >= 0.6 is 11.8 Å². The van der Waals surface area contributed by atoms with E-state index >= 15 is 0 Å². The zero-order valence-electron chi connectivity index (χ0n) is 17.2. The standard InChI is InChI=1S/C23H38OS/c1-22(2,3)19-15-18(16-20(21(19)24)23(4,5)6)10-8-7-9-17-11-13-25-14-12-17/h15-17,24H,7-14H2,1-6H3. The first-order chi connectivity index (χ1) is 11.6. The third kappa shape index (κ3) is 5.94. The molecule has 0 unspecified atom stereocenters. The second kappa shape index (κ2) is 8.37. The van der Waals surface area contributed by atoms with Gasteiger partial charge in [0.05, 0.1) is 0 Å². The van der Waals surface area contributed by atoms with Crippen molar-refractivity contribution in [3.8, 4) is 5.75 Å². The summed E-state index contributed by atoms with van der Waals surface area (Å²) in [5.41, 5.74) is 3.53. The number of thioether (sulfide) groups is 1. The third-order valence-corrected chi connectivity index (χ3v) is 6.50. The largest absolute Gasteiger partial charge is 0.507 e. The lowest BCUT2D eigenvalue weighted by Crippen LogP contribution is -2.18. The van der Waals surface area contributed by atoms with E-state index in [1.807, 2.05) is 0 Å². The van der Waals surface area contributed by atoms with Gasteiger partial charge in [0.15, 0.2) is 0 Å². The van der Waals surface area contributed by atoms with Gasteiger partial charge in [-0.1, -0.05) is 66.5 Å². The van der Waals surface area contributed by atoms with Crippen molar-refractivity contribution >= 4 is 11.8 Å². The van der Waals surface area contributed by atoms with Gasteiger partial charge < -0.3 is 5.11 Å². The minimum Gasteiger partial charge on any atom is -0.507 e. The summed E-state index contributed by atoms with van der Waals surface area (Å²) in [6.07, 6.45) is 7.98. The molecule has 142 valence electrons. The summed E-state index contributed by atoms with van der Waals surface area (Å²) < 4.78 is 0. The molecule has 1 aromatic carbocycles. The number of phenolic OH excluding ortho intramolecular Hbond substituents is 1. The molecule has 1 fully saturated rings. The van der Waals surface area contributed by atoms with Gasteiger partial charge in [0, 0.05) is 0 Å². The van der Waals surface area contributed by atoms with Gasteiger partial charge in [0.1, 0.15) is 5.75 Å². The Morgan fingerprint density at radius 2 is 1.44 bits per heavy atom. The van der Waals surface area contributed by atoms with Crippen molar-refractivity contribution < 1.29 is 5.11 Å². The zero-order valence-corrected chi connectivity index (χ0v) is 18.1. The predicted molar refractivity (Wildman–Crippen MR) is 113 cm³/mol. The van der Waals surface area contributed by atoms with E-state index < -0.39 is 0 Å². The maximum atomic E-state index is 10.8. The lowest BCUT2D eigenvalue weighted by atomic mass is 9.78. The number of hydrogen-bond donors (Lipinski definition) is 1. The first-order valence-electron chi connectivity index (χ1n) is 10.0. The Kier molecular flexibility index (Phi) is 6.93. The molecule has 1 N–H and O–H groups in total. The summed E-state index contributed by atoms with van der Waals surface area (Å²) in [4.78, 5) is 0. The molecular formula is C23H38OS. The van der Waals surface area contributed by atoms with E-state index in [0.29, 0.717) is 5.75 Å². The molecule has 0 amide bonds. The van der Waals surface area contributed by atoms with Crippen molar-refractivity contribution in [2.24, 2.45) is 5.92 Å². The zero-order chi connectivity index (χ0) is 18.7. The highest BCUT2D eigenvalue weighted by atomic mass is 32.2. The summed E-state index contributed by atoms with van der Waals surface area (Å²) in [7, 11) is 0. The molecule has 1 nitrogen and oxygen atoms in total. The van der Waals surface area contributed by atoms with Crippen molar-refractivity contribution in [3.05, 3.63) is 28.8 Å². The van der Waals surface area contributed by atoms with Crippen molar-refractivity contribution in [1.29, 1.82) is 0 Å². The Morgan fingerprint density at radius 1 is 0.920 bits per heavy atom. The Labute approximate surface area is 160 Å². The van der Waals surface area contributed by atoms with Crippen LogP contribution in [-0.2, 0) is 17.3 Å². The molecule has 25 heavy (non-hydrogen) atoms. The Bertz CT molecular complexity index is 521. The quantitative estimate of drug-likeness (QED) is 0.578. The molecule has 0 aliphatic carbocycles. The fourth-order valence-corrected chi connectivity index (χ4v) is 4.98. The van der Waals surface area contributed by atoms with Gasteiger partial charge >= 0.3 is 0 Å². The van der Waals surface area contributed by atoms with Gasteiger partial charge in [-0.05, 0) is 70.6 Å². The monoisotopic (exact) mass is 362 g/mol. The highest BCUT2D eigenvalue weighted by Crippen LogP contribution is 2.40. The van der Waals surface area contributed by atoms with Crippen molar-refractivity contribution in [1.82, 2.24) is 0 Å². The van der Waals surface area contributed by atoms with E-state index in [4.69, 9.17) is 0 Å². The number of unbranched alkanes of at least 4 members (excludes halogenated alkanes) is 1. The fourth-order valence-electron chi connectivity index (χ4n) is 3.78. The van der Waals surface area contributed by atoms with E-state index in [1.54, 1.807) is 0 Å². The molecule has 2 heteroatoms.